The molecule has 0 saturated heterocycles. The Morgan fingerprint density at radius 1 is 0.971 bits per heavy atom. The number of para-hydroxylation sites is 1. The molecule has 3 rings (SSSR count). The average Bonchev–Trinajstić information content (AvgIpc) is 3.26. The van der Waals surface area contributed by atoms with Gasteiger partial charge in [-0.05, 0) is 48.7 Å². The number of aromatic nitrogens is 2. The van der Waals surface area contributed by atoms with E-state index in [1.165, 1.54) is 0 Å². The van der Waals surface area contributed by atoms with Crippen molar-refractivity contribution in [3.05, 3.63) is 48.0 Å². The van der Waals surface area contributed by atoms with Crippen molar-refractivity contribution >= 4 is 5.97 Å². The number of nitrogens with zero attached hydrogens (tertiary/aromatic N) is 2. The molecule has 0 atom stereocenters. The number of hydrogen-bond donors (Lipinski definition) is 1. The standard InChI is InChI=1S/C27H34N2O5/c1-5-7-14-29-23(20-10-9-11-25(32-3)27(20)33-4)18-22(28-29)21-16-19(17-26(30)31)12-13-24(21)34-15-8-6-2/h9-13,16,18H,5-8,14-15,17H2,1-4H3,(H,30,31). The van der Waals surface area contributed by atoms with Crippen molar-refractivity contribution in [2.75, 3.05) is 20.8 Å². The Morgan fingerprint density at radius 2 is 1.76 bits per heavy atom. The summed E-state index contributed by atoms with van der Waals surface area (Å²) in [4.78, 5) is 11.3. The van der Waals surface area contributed by atoms with Gasteiger partial charge < -0.3 is 19.3 Å². The zero-order valence-electron chi connectivity index (χ0n) is 20.5. The molecule has 1 N–H and O–H groups in total. The minimum atomic E-state index is -0.874. The maximum absolute atomic E-state index is 11.3. The van der Waals surface area contributed by atoms with Crippen molar-refractivity contribution < 1.29 is 24.1 Å². The van der Waals surface area contributed by atoms with Crippen LogP contribution in [0.25, 0.3) is 22.5 Å². The summed E-state index contributed by atoms with van der Waals surface area (Å²) in [5.41, 5.74) is 4.01. The molecule has 0 saturated carbocycles. The smallest absolute Gasteiger partial charge is 0.307 e. The van der Waals surface area contributed by atoms with E-state index < -0.39 is 5.97 Å². The number of carboxylic acids is 1. The number of carboxylic acid groups (broad SMARTS) is 1. The lowest BCUT2D eigenvalue weighted by molar-refractivity contribution is -0.136. The summed E-state index contributed by atoms with van der Waals surface area (Å²) in [5, 5.41) is 14.2. The topological polar surface area (TPSA) is 82.8 Å². The van der Waals surface area contributed by atoms with Gasteiger partial charge in [-0.15, -0.1) is 0 Å². The van der Waals surface area contributed by atoms with Crippen LogP contribution in [0.5, 0.6) is 17.2 Å². The lowest BCUT2D eigenvalue weighted by atomic mass is 10.0. The zero-order valence-corrected chi connectivity index (χ0v) is 20.5. The minimum absolute atomic E-state index is 0.0602. The van der Waals surface area contributed by atoms with Gasteiger partial charge in [0.15, 0.2) is 11.5 Å². The Bertz CT molecular complexity index is 1110. The van der Waals surface area contributed by atoms with Crippen molar-refractivity contribution in [1.82, 2.24) is 9.78 Å². The van der Waals surface area contributed by atoms with E-state index >= 15 is 0 Å². The summed E-state index contributed by atoms with van der Waals surface area (Å²) >= 11 is 0. The first kappa shape index (κ1) is 25.1. The quantitative estimate of drug-likeness (QED) is 0.319. The van der Waals surface area contributed by atoms with Crippen LogP contribution in [0, 0.1) is 0 Å². The Balaban J connectivity index is 2.15. The first-order valence-electron chi connectivity index (χ1n) is 11.8. The number of rotatable bonds is 13. The van der Waals surface area contributed by atoms with Gasteiger partial charge in [0.1, 0.15) is 5.75 Å². The van der Waals surface area contributed by atoms with Gasteiger partial charge in [0.05, 0.1) is 38.6 Å². The van der Waals surface area contributed by atoms with Crippen LogP contribution in [0.1, 0.15) is 45.1 Å². The normalized spacial score (nSPS) is 10.8. The van der Waals surface area contributed by atoms with Gasteiger partial charge in [0, 0.05) is 17.7 Å². The highest BCUT2D eigenvalue weighted by Crippen LogP contribution is 2.40. The van der Waals surface area contributed by atoms with Crippen molar-refractivity contribution in [3.63, 3.8) is 0 Å². The number of ether oxygens (including phenoxy) is 3. The maximum atomic E-state index is 11.3. The molecule has 0 amide bonds. The lowest BCUT2D eigenvalue weighted by Gasteiger charge is -2.13. The van der Waals surface area contributed by atoms with Crippen molar-refractivity contribution in [1.29, 1.82) is 0 Å². The molecule has 182 valence electrons. The minimum Gasteiger partial charge on any atom is -0.493 e. The van der Waals surface area contributed by atoms with Gasteiger partial charge in [0.2, 0.25) is 0 Å². The fourth-order valence-electron chi connectivity index (χ4n) is 3.85. The van der Waals surface area contributed by atoms with E-state index in [0.29, 0.717) is 29.4 Å². The van der Waals surface area contributed by atoms with Gasteiger partial charge in [-0.1, -0.05) is 38.8 Å². The third kappa shape index (κ3) is 5.90. The number of aliphatic carboxylic acids is 1. The van der Waals surface area contributed by atoms with E-state index in [4.69, 9.17) is 19.3 Å². The van der Waals surface area contributed by atoms with E-state index in [2.05, 4.69) is 13.8 Å². The molecule has 7 heteroatoms. The Hall–Kier alpha value is -3.48. The van der Waals surface area contributed by atoms with E-state index in [1.807, 2.05) is 41.1 Å². The highest BCUT2D eigenvalue weighted by atomic mass is 16.5. The molecule has 1 aromatic heterocycles. The second-order valence-electron chi connectivity index (χ2n) is 8.14. The fourth-order valence-corrected chi connectivity index (χ4v) is 3.85. The number of unbranched alkanes of at least 4 members (excludes halogenated alkanes) is 2. The second-order valence-corrected chi connectivity index (χ2v) is 8.14. The van der Waals surface area contributed by atoms with Crippen LogP contribution in [-0.2, 0) is 17.8 Å². The Kier molecular flexibility index (Phi) is 8.96. The van der Waals surface area contributed by atoms with E-state index in [9.17, 15) is 9.90 Å². The molecule has 0 spiro atoms. The molecule has 0 aliphatic heterocycles. The molecule has 0 fully saturated rings. The largest absolute Gasteiger partial charge is 0.493 e. The molecule has 0 unspecified atom stereocenters. The van der Waals surface area contributed by atoms with E-state index in [1.54, 1.807) is 20.3 Å². The number of carbonyl (C=O) groups is 1. The SMILES string of the molecule is CCCCOc1ccc(CC(=O)O)cc1-c1cc(-c2cccc(OC)c2OC)n(CCCC)n1. The Labute approximate surface area is 201 Å². The van der Waals surface area contributed by atoms with E-state index in [-0.39, 0.29) is 6.42 Å². The molecule has 34 heavy (non-hydrogen) atoms. The molecule has 3 aromatic rings. The molecule has 2 aromatic carbocycles. The highest BCUT2D eigenvalue weighted by molar-refractivity contribution is 5.78. The van der Waals surface area contributed by atoms with Crippen molar-refractivity contribution in [3.8, 4) is 39.8 Å². The second kappa shape index (κ2) is 12.1. The first-order chi connectivity index (χ1) is 16.5. The van der Waals surface area contributed by atoms with Crippen LogP contribution in [0.4, 0.5) is 0 Å². The predicted molar refractivity (Wildman–Crippen MR) is 133 cm³/mol. The van der Waals surface area contributed by atoms with Crippen LogP contribution < -0.4 is 14.2 Å². The molecule has 0 bridgehead atoms. The number of aryl methyl sites for hydroxylation is 1. The molecular formula is C27H34N2O5. The molecule has 0 aliphatic carbocycles. The van der Waals surface area contributed by atoms with Crippen LogP contribution in [-0.4, -0.2) is 41.7 Å². The van der Waals surface area contributed by atoms with Crippen molar-refractivity contribution in [2.24, 2.45) is 0 Å². The van der Waals surface area contributed by atoms with E-state index in [0.717, 1.165) is 54.7 Å². The summed E-state index contributed by atoms with van der Waals surface area (Å²) in [6, 6.07) is 13.3. The third-order valence-electron chi connectivity index (χ3n) is 5.61. The lowest BCUT2D eigenvalue weighted by Crippen LogP contribution is -2.04. The summed E-state index contributed by atoms with van der Waals surface area (Å²) in [7, 11) is 3.25. The number of benzene rings is 2. The summed E-state index contributed by atoms with van der Waals surface area (Å²) in [5.74, 6) is 1.12. The predicted octanol–water partition coefficient (Wildman–Crippen LogP) is 5.84. The summed E-state index contributed by atoms with van der Waals surface area (Å²) in [6.07, 6.45) is 3.91. The summed E-state index contributed by atoms with van der Waals surface area (Å²) < 4.78 is 19.2. The van der Waals surface area contributed by atoms with Crippen molar-refractivity contribution in [2.45, 2.75) is 52.5 Å². The zero-order chi connectivity index (χ0) is 24.5. The summed E-state index contributed by atoms with van der Waals surface area (Å²) in [6.45, 7) is 5.59. The third-order valence-corrected chi connectivity index (χ3v) is 5.61. The monoisotopic (exact) mass is 466 g/mol. The molecule has 0 radical (unpaired) electrons. The van der Waals surface area contributed by atoms with Gasteiger partial charge in [-0.2, -0.15) is 5.10 Å². The number of methoxy groups -OCH3 is 2. The Morgan fingerprint density at radius 3 is 2.44 bits per heavy atom. The molecular weight excluding hydrogens is 432 g/mol. The van der Waals surface area contributed by atoms with Crippen LogP contribution >= 0.6 is 0 Å². The maximum Gasteiger partial charge on any atom is 0.307 e. The van der Waals surface area contributed by atoms with Gasteiger partial charge in [0.25, 0.3) is 0 Å². The van der Waals surface area contributed by atoms with Crippen LogP contribution in [0.2, 0.25) is 0 Å². The molecule has 7 nitrogen and oxygen atoms in total. The highest BCUT2D eigenvalue weighted by Gasteiger charge is 2.20. The average molecular weight is 467 g/mol. The van der Waals surface area contributed by atoms with Crippen LogP contribution in [0.15, 0.2) is 42.5 Å². The molecule has 0 aliphatic rings. The van der Waals surface area contributed by atoms with Gasteiger partial charge >= 0.3 is 5.97 Å². The molecule has 1 heterocycles. The first-order valence-corrected chi connectivity index (χ1v) is 11.8. The fraction of sp³-hybridized carbons (Fsp3) is 0.407. The van der Waals surface area contributed by atoms with Crippen LogP contribution in [0.3, 0.4) is 0 Å². The van der Waals surface area contributed by atoms with Gasteiger partial charge in [-0.3, -0.25) is 9.48 Å². The van der Waals surface area contributed by atoms with Gasteiger partial charge in [-0.25, -0.2) is 0 Å². The number of hydrogen-bond acceptors (Lipinski definition) is 5.